The van der Waals surface area contributed by atoms with Gasteiger partial charge in [-0.05, 0) is 49.0 Å². The fourth-order valence-electron chi connectivity index (χ4n) is 2.13. The molecule has 0 aliphatic rings. The summed E-state index contributed by atoms with van der Waals surface area (Å²) in [6, 6.07) is 16.4. The second-order valence-electron chi connectivity index (χ2n) is 5.49. The molecule has 132 valence electrons. The molecule has 0 radical (unpaired) electrons. The Morgan fingerprint density at radius 1 is 1.00 bits per heavy atom. The minimum Gasteiger partial charge on any atom is -0.457 e. The summed E-state index contributed by atoms with van der Waals surface area (Å²) in [6.07, 6.45) is 3.35. The predicted octanol–water partition coefficient (Wildman–Crippen LogP) is 3.78. The van der Waals surface area contributed by atoms with E-state index in [4.69, 9.17) is 17.0 Å². The summed E-state index contributed by atoms with van der Waals surface area (Å²) in [5.74, 6) is 1.03. The minimum absolute atomic E-state index is 0.281. The van der Waals surface area contributed by atoms with Gasteiger partial charge in [0.15, 0.2) is 5.11 Å². The van der Waals surface area contributed by atoms with Gasteiger partial charge in [-0.25, -0.2) is 0 Å². The number of hydrogen-bond donors (Lipinski definition) is 3. The third-order valence-corrected chi connectivity index (χ3v) is 3.68. The standard InChI is InChI=1S/C19H23N3O2S/c1-2-3-7-13-20-19(25)22-21-18(23)15-9-8-12-17(14-15)24-16-10-5-4-6-11-16/h4-6,8-12,14H,2-3,7,13H2,1H3,(H,21,23)(H2,20,22,25). The maximum Gasteiger partial charge on any atom is 0.269 e. The van der Waals surface area contributed by atoms with Gasteiger partial charge in [0.1, 0.15) is 11.5 Å². The third kappa shape index (κ3) is 6.81. The number of thiocarbonyl (C=S) groups is 1. The molecule has 2 aromatic carbocycles. The van der Waals surface area contributed by atoms with Crippen molar-refractivity contribution in [1.82, 2.24) is 16.2 Å². The van der Waals surface area contributed by atoms with E-state index in [0.29, 0.717) is 16.4 Å². The van der Waals surface area contributed by atoms with E-state index in [1.54, 1.807) is 24.3 Å². The van der Waals surface area contributed by atoms with Gasteiger partial charge < -0.3 is 10.1 Å². The van der Waals surface area contributed by atoms with Crippen molar-refractivity contribution >= 4 is 23.2 Å². The first-order valence-electron chi connectivity index (χ1n) is 8.36. The van der Waals surface area contributed by atoms with Crippen LogP contribution in [0.4, 0.5) is 0 Å². The van der Waals surface area contributed by atoms with E-state index in [0.717, 1.165) is 31.6 Å². The Morgan fingerprint density at radius 3 is 2.52 bits per heavy atom. The predicted molar refractivity (Wildman–Crippen MR) is 104 cm³/mol. The van der Waals surface area contributed by atoms with Crippen LogP contribution in [0.15, 0.2) is 54.6 Å². The first-order chi connectivity index (χ1) is 12.2. The zero-order valence-corrected chi connectivity index (χ0v) is 15.1. The Morgan fingerprint density at radius 2 is 1.76 bits per heavy atom. The van der Waals surface area contributed by atoms with E-state index in [2.05, 4.69) is 23.1 Å². The van der Waals surface area contributed by atoms with Gasteiger partial charge in [0.05, 0.1) is 0 Å². The zero-order chi connectivity index (χ0) is 17.9. The van der Waals surface area contributed by atoms with Crippen molar-refractivity contribution in [3.63, 3.8) is 0 Å². The molecular formula is C19H23N3O2S. The Hall–Kier alpha value is -2.60. The number of hydrazine groups is 1. The molecule has 3 N–H and O–H groups in total. The number of carbonyl (C=O) groups is 1. The van der Waals surface area contributed by atoms with Gasteiger partial charge in [0.25, 0.3) is 5.91 Å². The van der Waals surface area contributed by atoms with Crippen LogP contribution < -0.4 is 20.9 Å². The lowest BCUT2D eigenvalue weighted by atomic mass is 10.2. The van der Waals surface area contributed by atoms with Gasteiger partial charge in [0, 0.05) is 12.1 Å². The summed E-state index contributed by atoms with van der Waals surface area (Å²) in [4.78, 5) is 12.2. The minimum atomic E-state index is -0.281. The number of nitrogens with one attached hydrogen (secondary N) is 3. The van der Waals surface area contributed by atoms with Crippen LogP contribution >= 0.6 is 12.2 Å². The highest BCUT2D eigenvalue weighted by Gasteiger charge is 2.07. The van der Waals surface area contributed by atoms with Crippen LogP contribution in [0.1, 0.15) is 36.5 Å². The molecule has 0 spiro atoms. The number of unbranched alkanes of at least 4 members (excludes halogenated alkanes) is 2. The van der Waals surface area contributed by atoms with Crippen LogP contribution in [-0.4, -0.2) is 17.6 Å². The first kappa shape index (κ1) is 18.7. The molecule has 25 heavy (non-hydrogen) atoms. The second-order valence-corrected chi connectivity index (χ2v) is 5.89. The van der Waals surface area contributed by atoms with Crippen molar-refractivity contribution in [3.8, 4) is 11.5 Å². The molecule has 6 heteroatoms. The van der Waals surface area contributed by atoms with E-state index >= 15 is 0 Å². The maximum atomic E-state index is 12.2. The monoisotopic (exact) mass is 357 g/mol. The Labute approximate surface area is 153 Å². The molecule has 0 saturated carbocycles. The summed E-state index contributed by atoms with van der Waals surface area (Å²) < 4.78 is 5.73. The number of ether oxygens (including phenoxy) is 1. The lowest BCUT2D eigenvalue weighted by Gasteiger charge is -2.12. The third-order valence-electron chi connectivity index (χ3n) is 3.43. The van der Waals surface area contributed by atoms with Crippen LogP contribution in [0.2, 0.25) is 0 Å². The van der Waals surface area contributed by atoms with E-state index in [1.807, 2.05) is 30.3 Å². The molecule has 0 atom stereocenters. The van der Waals surface area contributed by atoms with Crippen LogP contribution in [0.5, 0.6) is 11.5 Å². The normalized spacial score (nSPS) is 9.96. The summed E-state index contributed by atoms with van der Waals surface area (Å²) in [5.41, 5.74) is 5.77. The molecule has 0 saturated heterocycles. The van der Waals surface area contributed by atoms with Crippen molar-refractivity contribution in [3.05, 3.63) is 60.2 Å². The number of benzene rings is 2. The Kier molecular flexibility index (Phi) is 7.72. The number of hydrogen-bond acceptors (Lipinski definition) is 3. The van der Waals surface area contributed by atoms with Gasteiger partial charge in [-0.1, -0.05) is 44.0 Å². The van der Waals surface area contributed by atoms with Crippen LogP contribution in [0, 0.1) is 0 Å². The summed E-state index contributed by atoms with van der Waals surface area (Å²) in [5, 5.41) is 3.45. The van der Waals surface area contributed by atoms with E-state index in [9.17, 15) is 4.79 Å². The summed E-state index contributed by atoms with van der Waals surface area (Å²) >= 11 is 5.12. The van der Waals surface area contributed by atoms with Crippen molar-refractivity contribution < 1.29 is 9.53 Å². The van der Waals surface area contributed by atoms with Crippen molar-refractivity contribution in [2.75, 3.05) is 6.54 Å². The molecule has 2 rings (SSSR count). The molecule has 0 fully saturated rings. The fourth-order valence-corrected chi connectivity index (χ4v) is 2.29. The molecule has 0 bridgehead atoms. The van der Waals surface area contributed by atoms with Gasteiger partial charge in [-0.2, -0.15) is 0 Å². The summed E-state index contributed by atoms with van der Waals surface area (Å²) in [6.45, 7) is 2.93. The fraction of sp³-hybridized carbons (Fsp3) is 0.263. The van der Waals surface area contributed by atoms with E-state index < -0.39 is 0 Å². The number of para-hydroxylation sites is 1. The number of carbonyl (C=O) groups excluding carboxylic acids is 1. The van der Waals surface area contributed by atoms with E-state index in [1.165, 1.54) is 0 Å². The van der Waals surface area contributed by atoms with Gasteiger partial charge in [-0.15, -0.1) is 0 Å². The largest absolute Gasteiger partial charge is 0.457 e. The lowest BCUT2D eigenvalue weighted by molar-refractivity contribution is 0.0943. The average molecular weight is 357 g/mol. The number of rotatable bonds is 7. The van der Waals surface area contributed by atoms with Gasteiger partial charge in [0.2, 0.25) is 0 Å². The molecule has 0 aromatic heterocycles. The smallest absolute Gasteiger partial charge is 0.269 e. The Bertz CT molecular complexity index is 692. The molecule has 0 aliphatic carbocycles. The highest BCUT2D eigenvalue weighted by atomic mass is 32.1. The Balaban J connectivity index is 1.83. The van der Waals surface area contributed by atoms with Crippen molar-refractivity contribution in [2.24, 2.45) is 0 Å². The van der Waals surface area contributed by atoms with Crippen molar-refractivity contribution in [1.29, 1.82) is 0 Å². The molecule has 0 heterocycles. The zero-order valence-electron chi connectivity index (χ0n) is 14.2. The molecule has 1 amide bonds. The quantitative estimate of drug-likeness (QED) is 0.400. The summed E-state index contributed by atoms with van der Waals surface area (Å²) in [7, 11) is 0. The lowest BCUT2D eigenvalue weighted by Crippen LogP contribution is -2.46. The van der Waals surface area contributed by atoms with Crippen LogP contribution in [-0.2, 0) is 0 Å². The first-order valence-corrected chi connectivity index (χ1v) is 8.77. The van der Waals surface area contributed by atoms with Gasteiger partial charge >= 0.3 is 0 Å². The molecular weight excluding hydrogens is 334 g/mol. The second kappa shape index (κ2) is 10.3. The topological polar surface area (TPSA) is 62.4 Å². The molecule has 0 aliphatic heterocycles. The maximum absolute atomic E-state index is 12.2. The highest BCUT2D eigenvalue weighted by molar-refractivity contribution is 7.80. The SMILES string of the molecule is CCCCCNC(=S)NNC(=O)c1cccc(Oc2ccccc2)c1. The van der Waals surface area contributed by atoms with Crippen molar-refractivity contribution in [2.45, 2.75) is 26.2 Å². The highest BCUT2D eigenvalue weighted by Crippen LogP contribution is 2.21. The van der Waals surface area contributed by atoms with E-state index in [-0.39, 0.29) is 5.91 Å². The number of amides is 1. The molecule has 2 aromatic rings. The van der Waals surface area contributed by atoms with Crippen LogP contribution in [0.25, 0.3) is 0 Å². The molecule has 5 nitrogen and oxygen atoms in total. The van der Waals surface area contributed by atoms with Crippen LogP contribution in [0.3, 0.4) is 0 Å². The average Bonchev–Trinajstić information content (AvgIpc) is 2.64. The molecule has 0 unspecified atom stereocenters. The van der Waals surface area contributed by atoms with Gasteiger partial charge in [-0.3, -0.25) is 15.6 Å².